The van der Waals surface area contributed by atoms with Crippen molar-refractivity contribution in [3.63, 3.8) is 0 Å². The Morgan fingerprint density at radius 3 is 2.23 bits per heavy atom. The molecule has 3 aliphatic rings. The van der Waals surface area contributed by atoms with E-state index in [0.29, 0.717) is 32.8 Å². The van der Waals surface area contributed by atoms with Gasteiger partial charge in [-0.15, -0.1) is 0 Å². The molecular weight excluding hydrogens is 494 g/mol. The Bertz CT molecular complexity index is 1080. The van der Waals surface area contributed by atoms with Crippen LogP contribution in [0.15, 0.2) is 54.6 Å². The predicted octanol–water partition coefficient (Wildman–Crippen LogP) is 2.62. The second kappa shape index (κ2) is 13.4. The number of anilines is 1. The van der Waals surface area contributed by atoms with Crippen molar-refractivity contribution in [3.8, 4) is 11.1 Å². The van der Waals surface area contributed by atoms with Crippen LogP contribution in [0.2, 0.25) is 0 Å². The van der Waals surface area contributed by atoms with Gasteiger partial charge in [0.15, 0.2) is 0 Å². The third kappa shape index (κ3) is 7.57. The SMILES string of the molecule is O=C(Nc1ccccc1-c1ccccc1)NC1CCN(CC(O)CN2CCN(C(=O)C3CCCO3)CC2)CC1. The lowest BCUT2D eigenvalue weighted by atomic mass is 10.0. The number of hydrogen-bond acceptors (Lipinski definition) is 6. The lowest BCUT2D eigenvalue weighted by Crippen LogP contribution is -2.54. The summed E-state index contributed by atoms with van der Waals surface area (Å²) in [7, 11) is 0. The number of likely N-dealkylation sites (tertiary alicyclic amines) is 1. The number of piperidine rings is 1. The van der Waals surface area contributed by atoms with E-state index in [2.05, 4.69) is 20.4 Å². The number of amides is 3. The normalized spacial score (nSPS) is 22.0. The largest absolute Gasteiger partial charge is 0.390 e. The van der Waals surface area contributed by atoms with E-state index < -0.39 is 6.10 Å². The van der Waals surface area contributed by atoms with Crippen LogP contribution in [0.4, 0.5) is 10.5 Å². The van der Waals surface area contributed by atoms with Gasteiger partial charge in [-0.2, -0.15) is 0 Å². The zero-order valence-corrected chi connectivity index (χ0v) is 22.6. The van der Waals surface area contributed by atoms with E-state index in [1.807, 2.05) is 59.5 Å². The molecule has 210 valence electrons. The highest BCUT2D eigenvalue weighted by Gasteiger charge is 2.31. The highest BCUT2D eigenvalue weighted by Crippen LogP contribution is 2.27. The minimum atomic E-state index is -0.437. The zero-order chi connectivity index (χ0) is 27.0. The van der Waals surface area contributed by atoms with E-state index in [4.69, 9.17) is 4.74 Å². The number of β-amino-alcohol motifs (C(OH)–C–C–N with tert-alkyl or cyclic N) is 1. The molecule has 0 aromatic heterocycles. The summed E-state index contributed by atoms with van der Waals surface area (Å²) in [4.78, 5) is 31.8. The molecule has 3 aliphatic heterocycles. The van der Waals surface area contributed by atoms with Gasteiger partial charge in [-0.05, 0) is 37.3 Å². The molecular formula is C30H41N5O4. The Balaban J connectivity index is 1.00. The van der Waals surface area contributed by atoms with Crippen LogP contribution in [0.5, 0.6) is 0 Å². The third-order valence-electron chi connectivity index (χ3n) is 8.01. The highest BCUT2D eigenvalue weighted by molar-refractivity contribution is 5.94. The molecule has 5 rings (SSSR count). The van der Waals surface area contributed by atoms with Crippen molar-refractivity contribution in [1.82, 2.24) is 20.0 Å². The number of hydrogen-bond donors (Lipinski definition) is 3. The van der Waals surface area contributed by atoms with Gasteiger partial charge in [-0.3, -0.25) is 9.69 Å². The van der Waals surface area contributed by atoms with E-state index in [0.717, 1.165) is 68.7 Å². The van der Waals surface area contributed by atoms with Crippen molar-refractivity contribution < 1.29 is 19.4 Å². The summed E-state index contributed by atoms with van der Waals surface area (Å²) in [5.74, 6) is 0.123. The molecule has 9 nitrogen and oxygen atoms in total. The molecule has 39 heavy (non-hydrogen) atoms. The number of ether oxygens (including phenoxy) is 1. The first-order valence-electron chi connectivity index (χ1n) is 14.3. The molecule has 0 bridgehead atoms. The number of aliphatic hydroxyl groups is 1. The average Bonchev–Trinajstić information content (AvgIpc) is 3.50. The molecule has 9 heteroatoms. The molecule has 3 fully saturated rings. The molecule has 3 amide bonds. The number of urea groups is 1. The molecule has 0 saturated carbocycles. The van der Waals surface area contributed by atoms with Gasteiger partial charge in [-0.1, -0.05) is 48.5 Å². The van der Waals surface area contributed by atoms with Crippen LogP contribution < -0.4 is 10.6 Å². The minimum Gasteiger partial charge on any atom is -0.390 e. The standard InChI is InChI=1S/C30H41N5O4/c36-25(22-34-16-18-35(19-17-34)29(37)28-11-6-20-39-28)21-33-14-12-24(13-15-33)31-30(38)32-27-10-5-4-9-26(27)23-7-2-1-3-8-23/h1-5,7-10,24-25,28,36H,6,11-22H2,(H2,31,32,38). The maximum Gasteiger partial charge on any atom is 0.319 e. The number of piperazine rings is 1. The molecule has 0 aliphatic carbocycles. The molecule has 3 saturated heterocycles. The summed E-state index contributed by atoms with van der Waals surface area (Å²) in [6.07, 6.45) is 2.81. The summed E-state index contributed by atoms with van der Waals surface area (Å²) in [6, 6.07) is 17.8. The summed E-state index contributed by atoms with van der Waals surface area (Å²) in [6.45, 7) is 6.56. The number of carbonyl (C=O) groups excluding carboxylic acids is 2. The molecule has 2 aromatic carbocycles. The van der Waals surface area contributed by atoms with Crippen LogP contribution in [-0.2, 0) is 9.53 Å². The third-order valence-corrected chi connectivity index (χ3v) is 8.01. The summed E-state index contributed by atoms with van der Waals surface area (Å²) >= 11 is 0. The fourth-order valence-electron chi connectivity index (χ4n) is 5.85. The maximum absolute atomic E-state index is 12.8. The fourth-order valence-corrected chi connectivity index (χ4v) is 5.85. The number of carbonyl (C=O) groups is 2. The summed E-state index contributed by atoms with van der Waals surface area (Å²) in [5, 5.41) is 16.9. The van der Waals surface area contributed by atoms with E-state index in [9.17, 15) is 14.7 Å². The molecule has 2 unspecified atom stereocenters. The lowest BCUT2D eigenvalue weighted by molar-refractivity contribution is -0.142. The Morgan fingerprint density at radius 1 is 0.872 bits per heavy atom. The lowest BCUT2D eigenvalue weighted by Gasteiger charge is -2.38. The Morgan fingerprint density at radius 2 is 1.54 bits per heavy atom. The monoisotopic (exact) mass is 535 g/mol. The van der Waals surface area contributed by atoms with Gasteiger partial charge < -0.3 is 30.3 Å². The van der Waals surface area contributed by atoms with Crippen LogP contribution in [0.25, 0.3) is 11.1 Å². The molecule has 3 N–H and O–H groups in total. The van der Waals surface area contributed by atoms with Crippen molar-refractivity contribution in [2.45, 2.75) is 43.9 Å². The van der Waals surface area contributed by atoms with E-state index in [-0.39, 0.29) is 24.1 Å². The second-order valence-electron chi connectivity index (χ2n) is 10.9. The van der Waals surface area contributed by atoms with Crippen molar-refractivity contribution in [2.24, 2.45) is 0 Å². The van der Waals surface area contributed by atoms with E-state index in [1.54, 1.807) is 0 Å². The van der Waals surface area contributed by atoms with Crippen molar-refractivity contribution in [3.05, 3.63) is 54.6 Å². The molecule has 3 heterocycles. The Labute approximate surface area is 231 Å². The first-order chi connectivity index (χ1) is 19.0. The van der Waals surface area contributed by atoms with Crippen molar-refractivity contribution in [2.75, 3.05) is 64.3 Å². The maximum atomic E-state index is 12.8. The number of aliphatic hydroxyl groups excluding tert-OH is 1. The van der Waals surface area contributed by atoms with Crippen LogP contribution in [0, 0.1) is 0 Å². The number of para-hydroxylation sites is 1. The molecule has 2 atom stereocenters. The Hall–Kier alpha value is -2.98. The highest BCUT2D eigenvalue weighted by atomic mass is 16.5. The van der Waals surface area contributed by atoms with Gasteiger partial charge >= 0.3 is 6.03 Å². The number of benzene rings is 2. The molecule has 2 aromatic rings. The van der Waals surface area contributed by atoms with Gasteiger partial charge in [0.05, 0.1) is 11.8 Å². The number of rotatable bonds is 8. The minimum absolute atomic E-state index is 0.108. The predicted molar refractivity (Wildman–Crippen MR) is 151 cm³/mol. The van der Waals surface area contributed by atoms with Crippen LogP contribution in [-0.4, -0.2) is 109 Å². The van der Waals surface area contributed by atoms with Gasteiger partial charge in [-0.25, -0.2) is 4.79 Å². The topological polar surface area (TPSA) is 97.4 Å². The summed E-state index contributed by atoms with van der Waals surface area (Å²) < 4.78 is 5.54. The quantitative estimate of drug-likeness (QED) is 0.481. The molecule has 0 radical (unpaired) electrons. The van der Waals surface area contributed by atoms with Crippen LogP contribution in [0.3, 0.4) is 0 Å². The smallest absolute Gasteiger partial charge is 0.319 e. The van der Waals surface area contributed by atoms with Gasteiger partial charge in [0, 0.05) is 70.6 Å². The van der Waals surface area contributed by atoms with E-state index >= 15 is 0 Å². The van der Waals surface area contributed by atoms with Gasteiger partial charge in [0.25, 0.3) is 5.91 Å². The molecule has 0 spiro atoms. The van der Waals surface area contributed by atoms with Crippen molar-refractivity contribution in [1.29, 1.82) is 0 Å². The second-order valence-corrected chi connectivity index (χ2v) is 10.9. The van der Waals surface area contributed by atoms with E-state index in [1.165, 1.54) is 0 Å². The van der Waals surface area contributed by atoms with Crippen LogP contribution >= 0.6 is 0 Å². The number of nitrogens with zero attached hydrogens (tertiary/aromatic N) is 3. The van der Waals surface area contributed by atoms with Crippen molar-refractivity contribution >= 4 is 17.6 Å². The Kier molecular flexibility index (Phi) is 9.47. The first kappa shape index (κ1) is 27.6. The fraction of sp³-hybridized carbons (Fsp3) is 0.533. The van der Waals surface area contributed by atoms with Gasteiger partial charge in [0.2, 0.25) is 0 Å². The number of nitrogens with one attached hydrogen (secondary N) is 2. The average molecular weight is 536 g/mol. The first-order valence-corrected chi connectivity index (χ1v) is 14.3. The zero-order valence-electron chi connectivity index (χ0n) is 22.6. The van der Waals surface area contributed by atoms with Crippen LogP contribution in [0.1, 0.15) is 25.7 Å². The van der Waals surface area contributed by atoms with Gasteiger partial charge in [0.1, 0.15) is 6.10 Å². The summed E-state index contributed by atoms with van der Waals surface area (Å²) in [5.41, 5.74) is 2.85.